The van der Waals surface area contributed by atoms with Gasteiger partial charge in [-0.15, -0.1) is 0 Å². The zero-order chi connectivity index (χ0) is 14.3. The number of hydrogen-bond acceptors (Lipinski definition) is 2. The van der Waals surface area contributed by atoms with Crippen LogP contribution in [0.2, 0.25) is 0 Å². The van der Waals surface area contributed by atoms with E-state index in [2.05, 4.69) is 10.6 Å². The molecule has 0 radical (unpaired) electrons. The van der Waals surface area contributed by atoms with Crippen molar-refractivity contribution >= 4 is 11.7 Å². The van der Waals surface area contributed by atoms with Crippen molar-refractivity contribution in [3.05, 3.63) is 29.6 Å². The van der Waals surface area contributed by atoms with Gasteiger partial charge < -0.3 is 15.4 Å². The molecular weight excluding hydrogens is 247 g/mol. The summed E-state index contributed by atoms with van der Waals surface area (Å²) in [6, 6.07) is 4.24. The summed E-state index contributed by atoms with van der Waals surface area (Å²) in [5.74, 6) is -0.438. The van der Waals surface area contributed by atoms with E-state index in [0.717, 1.165) is 12.0 Å². The lowest BCUT2D eigenvalue weighted by molar-refractivity contribution is 0.0622. The minimum atomic E-state index is -0.438. The Kier molecular flexibility index (Phi) is 6.29. The van der Waals surface area contributed by atoms with Crippen LogP contribution < -0.4 is 10.6 Å². The zero-order valence-corrected chi connectivity index (χ0v) is 11.6. The molecule has 0 aliphatic heterocycles. The standard InChI is InChI=1S/C14H21FN2O2/c1-4-11(19-5-2)9-16-14(18)17-13-7-6-10(3)8-12(13)15/h6-8,11H,4-5,9H2,1-3H3,(H2,16,17,18)/t11-/m0/s1. The van der Waals surface area contributed by atoms with E-state index in [-0.39, 0.29) is 11.8 Å². The minimum absolute atomic E-state index is 0.0152. The highest BCUT2D eigenvalue weighted by Crippen LogP contribution is 2.14. The number of amides is 2. The smallest absolute Gasteiger partial charge is 0.319 e. The molecule has 1 rings (SSSR count). The molecule has 1 atom stereocenters. The van der Waals surface area contributed by atoms with Gasteiger partial charge in [0.25, 0.3) is 0 Å². The normalized spacial score (nSPS) is 12.0. The second-order valence-corrected chi connectivity index (χ2v) is 4.30. The Morgan fingerprint density at radius 2 is 2.16 bits per heavy atom. The van der Waals surface area contributed by atoms with Crippen LogP contribution in [0.15, 0.2) is 18.2 Å². The minimum Gasteiger partial charge on any atom is -0.377 e. The number of carbonyl (C=O) groups excluding carboxylic acids is 1. The summed E-state index contributed by atoms with van der Waals surface area (Å²) in [4.78, 5) is 11.6. The van der Waals surface area contributed by atoms with Gasteiger partial charge in [0.1, 0.15) is 5.82 Å². The predicted octanol–water partition coefficient (Wildman–Crippen LogP) is 3.07. The molecule has 0 bridgehead atoms. The van der Waals surface area contributed by atoms with Crippen molar-refractivity contribution in [3.63, 3.8) is 0 Å². The van der Waals surface area contributed by atoms with Crippen molar-refractivity contribution < 1.29 is 13.9 Å². The van der Waals surface area contributed by atoms with Gasteiger partial charge in [-0.1, -0.05) is 13.0 Å². The first kappa shape index (κ1) is 15.4. The summed E-state index contributed by atoms with van der Waals surface area (Å²) in [5, 5.41) is 5.15. The van der Waals surface area contributed by atoms with Crippen molar-refractivity contribution in [1.82, 2.24) is 5.32 Å². The number of hydrogen-bond donors (Lipinski definition) is 2. The molecule has 5 heteroatoms. The number of urea groups is 1. The van der Waals surface area contributed by atoms with Crippen molar-refractivity contribution in [1.29, 1.82) is 0 Å². The van der Waals surface area contributed by atoms with Crippen molar-refractivity contribution in [2.24, 2.45) is 0 Å². The summed E-state index contributed by atoms with van der Waals surface area (Å²) in [7, 11) is 0. The fourth-order valence-corrected chi connectivity index (χ4v) is 1.65. The molecular formula is C14H21FN2O2. The third-order valence-corrected chi connectivity index (χ3v) is 2.72. The molecule has 106 valence electrons. The summed E-state index contributed by atoms with van der Waals surface area (Å²) >= 11 is 0. The maximum Gasteiger partial charge on any atom is 0.319 e. The molecule has 0 saturated heterocycles. The largest absolute Gasteiger partial charge is 0.377 e. The van der Waals surface area contributed by atoms with Crippen LogP contribution in [0.25, 0.3) is 0 Å². The first-order valence-corrected chi connectivity index (χ1v) is 6.49. The molecule has 0 aliphatic rings. The van der Waals surface area contributed by atoms with E-state index in [1.807, 2.05) is 13.8 Å². The van der Waals surface area contributed by atoms with Crippen LogP contribution in [0.3, 0.4) is 0 Å². The third kappa shape index (κ3) is 5.26. The SMILES string of the molecule is CCO[C@@H](CC)CNC(=O)Nc1ccc(C)cc1F. The van der Waals surface area contributed by atoms with Gasteiger partial charge in [-0.25, -0.2) is 9.18 Å². The third-order valence-electron chi connectivity index (χ3n) is 2.72. The molecule has 0 heterocycles. The van der Waals surface area contributed by atoms with E-state index in [1.165, 1.54) is 6.07 Å². The van der Waals surface area contributed by atoms with E-state index < -0.39 is 11.8 Å². The van der Waals surface area contributed by atoms with Crippen molar-refractivity contribution in [2.75, 3.05) is 18.5 Å². The van der Waals surface area contributed by atoms with Gasteiger partial charge in [0.15, 0.2) is 0 Å². The van der Waals surface area contributed by atoms with E-state index in [9.17, 15) is 9.18 Å². The highest BCUT2D eigenvalue weighted by molar-refractivity contribution is 5.89. The summed E-state index contributed by atoms with van der Waals surface area (Å²) < 4.78 is 18.9. The number of aryl methyl sites for hydroxylation is 1. The Bertz CT molecular complexity index is 424. The molecule has 2 amide bonds. The van der Waals surface area contributed by atoms with Crippen LogP contribution in [0.1, 0.15) is 25.8 Å². The molecule has 4 nitrogen and oxygen atoms in total. The van der Waals surface area contributed by atoms with E-state index in [1.54, 1.807) is 19.1 Å². The Morgan fingerprint density at radius 3 is 2.74 bits per heavy atom. The van der Waals surface area contributed by atoms with Gasteiger partial charge in [-0.3, -0.25) is 0 Å². The first-order chi connectivity index (χ1) is 9.06. The molecule has 1 aromatic carbocycles. The van der Waals surface area contributed by atoms with Gasteiger partial charge in [0.2, 0.25) is 0 Å². The second-order valence-electron chi connectivity index (χ2n) is 4.30. The van der Waals surface area contributed by atoms with E-state index in [4.69, 9.17) is 4.74 Å². The molecule has 0 fully saturated rings. The number of carbonyl (C=O) groups is 1. The Balaban J connectivity index is 2.46. The molecule has 19 heavy (non-hydrogen) atoms. The molecule has 0 aromatic heterocycles. The van der Waals surface area contributed by atoms with E-state index in [0.29, 0.717) is 13.2 Å². The lowest BCUT2D eigenvalue weighted by Crippen LogP contribution is -2.36. The number of anilines is 1. The van der Waals surface area contributed by atoms with Gasteiger partial charge in [-0.2, -0.15) is 0 Å². The fraction of sp³-hybridized carbons (Fsp3) is 0.500. The van der Waals surface area contributed by atoms with Gasteiger partial charge in [0.05, 0.1) is 11.8 Å². The monoisotopic (exact) mass is 268 g/mol. The van der Waals surface area contributed by atoms with E-state index >= 15 is 0 Å². The predicted molar refractivity (Wildman–Crippen MR) is 73.9 cm³/mol. The van der Waals surface area contributed by atoms with Crippen LogP contribution in [0.4, 0.5) is 14.9 Å². The van der Waals surface area contributed by atoms with Crippen LogP contribution in [-0.2, 0) is 4.74 Å². The molecule has 0 aliphatic carbocycles. The summed E-state index contributed by atoms with van der Waals surface area (Å²) in [6.07, 6.45) is 0.797. The average Bonchev–Trinajstić information content (AvgIpc) is 2.38. The maximum atomic E-state index is 13.5. The molecule has 2 N–H and O–H groups in total. The fourth-order valence-electron chi connectivity index (χ4n) is 1.65. The summed E-state index contributed by atoms with van der Waals surface area (Å²) in [5.41, 5.74) is 0.985. The Hall–Kier alpha value is -1.62. The van der Waals surface area contributed by atoms with Gasteiger partial charge in [0, 0.05) is 13.2 Å². The molecule has 1 aromatic rings. The van der Waals surface area contributed by atoms with Crippen molar-refractivity contribution in [3.8, 4) is 0 Å². The number of ether oxygens (including phenoxy) is 1. The lowest BCUT2D eigenvalue weighted by Gasteiger charge is -2.16. The number of nitrogens with one attached hydrogen (secondary N) is 2. The highest BCUT2D eigenvalue weighted by atomic mass is 19.1. The number of rotatable bonds is 6. The van der Waals surface area contributed by atoms with Crippen LogP contribution >= 0.6 is 0 Å². The Morgan fingerprint density at radius 1 is 1.42 bits per heavy atom. The number of halogens is 1. The van der Waals surface area contributed by atoms with Gasteiger partial charge in [-0.05, 0) is 38.0 Å². The lowest BCUT2D eigenvalue weighted by atomic mass is 10.2. The Labute approximate surface area is 113 Å². The highest BCUT2D eigenvalue weighted by Gasteiger charge is 2.10. The van der Waals surface area contributed by atoms with Gasteiger partial charge >= 0.3 is 6.03 Å². The topological polar surface area (TPSA) is 50.4 Å². The first-order valence-electron chi connectivity index (χ1n) is 6.49. The second kappa shape index (κ2) is 7.74. The molecule has 0 unspecified atom stereocenters. The molecule has 0 spiro atoms. The van der Waals surface area contributed by atoms with Crippen LogP contribution in [0, 0.1) is 12.7 Å². The van der Waals surface area contributed by atoms with Crippen molar-refractivity contribution in [2.45, 2.75) is 33.3 Å². The zero-order valence-electron chi connectivity index (χ0n) is 11.6. The molecule has 0 saturated carbocycles. The summed E-state index contributed by atoms with van der Waals surface area (Å²) in [6.45, 7) is 6.70. The average molecular weight is 268 g/mol. The maximum absolute atomic E-state index is 13.5. The number of benzene rings is 1. The van der Waals surface area contributed by atoms with Crippen LogP contribution in [-0.4, -0.2) is 25.3 Å². The quantitative estimate of drug-likeness (QED) is 0.833. The van der Waals surface area contributed by atoms with Crippen LogP contribution in [0.5, 0.6) is 0 Å².